The van der Waals surface area contributed by atoms with E-state index in [2.05, 4.69) is 0 Å². The van der Waals surface area contributed by atoms with Gasteiger partial charge in [-0.2, -0.15) is 0 Å². The molecule has 6 nitrogen and oxygen atoms in total. The minimum Gasteiger partial charge on any atom is -0.456 e. The molecule has 1 heterocycles. The van der Waals surface area contributed by atoms with Crippen molar-refractivity contribution in [1.82, 2.24) is 4.90 Å². The summed E-state index contributed by atoms with van der Waals surface area (Å²) in [7, 11) is 0. The Morgan fingerprint density at radius 1 is 0.939 bits per heavy atom. The van der Waals surface area contributed by atoms with Crippen molar-refractivity contribution in [3.63, 3.8) is 0 Å². The SMILES string of the molecule is O=C(COC(=O)[C@@H](Cc1ccccc1)N1C(=O)[C@@H]2[C@H](C1=O)[C@H]1C=C[C@@H]2C1)c1ccc(Cl)cc1. The first-order valence-electron chi connectivity index (χ1n) is 11.0. The molecule has 2 aromatic rings. The van der Waals surface area contributed by atoms with Crippen LogP contribution in [0.25, 0.3) is 0 Å². The average Bonchev–Trinajstić information content (AvgIpc) is 3.51. The van der Waals surface area contributed by atoms with E-state index in [1.807, 2.05) is 42.5 Å². The predicted octanol–water partition coefficient (Wildman–Crippen LogP) is 3.48. The molecule has 1 saturated carbocycles. The molecule has 0 aromatic heterocycles. The van der Waals surface area contributed by atoms with Crippen molar-refractivity contribution in [2.45, 2.75) is 18.9 Å². The van der Waals surface area contributed by atoms with Crippen LogP contribution in [0.2, 0.25) is 5.02 Å². The van der Waals surface area contributed by atoms with E-state index in [1.54, 1.807) is 24.3 Å². The van der Waals surface area contributed by atoms with Gasteiger partial charge >= 0.3 is 5.97 Å². The second kappa shape index (κ2) is 8.60. The number of halogens is 1. The number of carbonyl (C=O) groups is 4. The number of hydrogen-bond donors (Lipinski definition) is 0. The smallest absolute Gasteiger partial charge is 0.330 e. The van der Waals surface area contributed by atoms with E-state index in [9.17, 15) is 19.2 Å². The summed E-state index contributed by atoms with van der Waals surface area (Å²) in [5, 5.41) is 0.492. The first-order valence-corrected chi connectivity index (χ1v) is 11.4. The largest absolute Gasteiger partial charge is 0.456 e. The summed E-state index contributed by atoms with van der Waals surface area (Å²) < 4.78 is 5.34. The van der Waals surface area contributed by atoms with Crippen molar-refractivity contribution < 1.29 is 23.9 Å². The number of hydrogen-bond acceptors (Lipinski definition) is 5. The Balaban J connectivity index is 1.36. The van der Waals surface area contributed by atoms with Crippen LogP contribution in [-0.4, -0.2) is 41.1 Å². The summed E-state index contributed by atoms with van der Waals surface area (Å²) >= 11 is 5.86. The van der Waals surface area contributed by atoms with Crippen LogP contribution in [0.15, 0.2) is 66.7 Å². The molecule has 5 rings (SSSR count). The lowest BCUT2D eigenvalue weighted by Gasteiger charge is -2.26. The van der Waals surface area contributed by atoms with Crippen LogP contribution in [0.5, 0.6) is 0 Å². The summed E-state index contributed by atoms with van der Waals surface area (Å²) in [6.45, 7) is -0.484. The van der Waals surface area contributed by atoms with Gasteiger partial charge in [0.25, 0.3) is 0 Å². The lowest BCUT2D eigenvalue weighted by atomic mass is 9.85. The van der Waals surface area contributed by atoms with Crippen LogP contribution < -0.4 is 0 Å². The van der Waals surface area contributed by atoms with Gasteiger partial charge in [-0.15, -0.1) is 0 Å². The number of carbonyl (C=O) groups excluding carboxylic acids is 4. The fraction of sp³-hybridized carbons (Fsp3) is 0.308. The van der Waals surface area contributed by atoms with Crippen molar-refractivity contribution in [2.75, 3.05) is 6.61 Å². The number of nitrogens with zero attached hydrogens (tertiary/aromatic N) is 1. The fourth-order valence-corrected chi connectivity index (χ4v) is 5.43. The highest BCUT2D eigenvalue weighted by Crippen LogP contribution is 2.53. The van der Waals surface area contributed by atoms with Crippen LogP contribution in [0.4, 0.5) is 0 Å². The predicted molar refractivity (Wildman–Crippen MR) is 120 cm³/mol. The summed E-state index contributed by atoms with van der Waals surface area (Å²) in [6.07, 6.45) is 4.96. The number of rotatable bonds is 7. The Bertz CT molecular complexity index is 1110. The molecule has 5 atom stereocenters. The number of ether oxygens (including phenoxy) is 1. The molecular formula is C26H22ClNO5. The van der Waals surface area contributed by atoms with E-state index >= 15 is 0 Å². The van der Waals surface area contributed by atoms with Gasteiger partial charge in [-0.1, -0.05) is 54.1 Å². The van der Waals surface area contributed by atoms with E-state index in [-0.39, 0.29) is 30.1 Å². The summed E-state index contributed by atoms with van der Waals surface area (Å²) in [5.74, 6) is -2.52. The number of ketones is 1. The molecule has 2 amide bonds. The highest BCUT2D eigenvalue weighted by atomic mass is 35.5. The van der Waals surface area contributed by atoms with Gasteiger partial charge in [-0.25, -0.2) is 4.79 Å². The lowest BCUT2D eigenvalue weighted by Crippen LogP contribution is -2.48. The molecule has 7 heteroatoms. The molecule has 3 aliphatic rings. The molecule has 0 unspecified atom stereocenters. The third-order valence-electron chi connectivity index (χ3n) is 6.87. The molecule has 168 valence electrons. The van der Waals surface area contributed by atoms with Gasteiger partial charge in [0.2, 0.25) is 11.8 Å². The fourth-order valence-electron chi connectivity index (χ4n) is 5.30. The van der Waals surface area contributed by atoms with Gasteiger partial charge in [0.15, 0.2) is 12.4 Å². The van der Waals surface area contributed by atoms with Crippen molar-refractivity contribution in [3.8, 4) is 0 Å². The first-order chi connectivity index (χ1) is 15.9. The van der Waals surface area contributed by atoms with Gasteiger partial charge in [-0.05, 0) is 48.1 Å². The number of likely N-dealkylation sites (tertiary alicyclic amines) is 1. The Labute approximate surface area is 196 Å². The Hall–Kier alpha value is -3.25. The van der Waals surface area contributed by atoms with Crippen molar-refractivity contribution in [3.05, 3.63) is 82.9 Å². The number of amides is 2. The van der Waals surface area contributed by atoms with Gasteiger partial charge in [0.05, 0.1) is 11.8 Å². The standard InChI is InChI=1S/C26H22ClNO5/c27-19-10-8-16(9-11-19)21(29)14-33-26(32)20(12-15-4-2-1-3-5-15)28-24(30)22-17-6-7-18(13-17)23(22)25(28)31/h1-11,17-18,20,22-23H,12-14H2/t17-,18+,20-,22+,23-/m1/s1. The van der Waals surface area contributed by atoms with Crippen LogP contribution in [0.3, 0.4) is 0 Å². The molecule has 1 saturated heterocycles. The molecule has 33 heavy (non-hydrogen) atoms. The maximum absolute atomic E-state index is 13.3. The van der Waals surface area contributed by atoms with Crippen molar-refractivity contribution >= 4 is 35.2 Å². The summed E-state index contributed by atoms with van der Waals surface area (Å²) in [6, 6.07) is 14.3. The second-order valence-electron chi connectivity index (χ2n) is 8.79. The lowest BCUT2D eigenvalue weighted by molar-refractivity contribution is -0.158. The van der Waals surface area contributed by atoms with Gasteiger partial charge in [0.1, 0.15) is 6.04 Å². The molecule has 0 N–H and O–H groups in total. The highest BCUT2D eigenvalue weighted by Gasteiger charge is 2.61. The van der Waals surface area contributed by atoms with Crippen molar-refractivity contribution in [2.24, 2.45) is 23.7 Å². The number of Topliss-reactive ketones (excluding diaryl/α,β-unsaturated/α-hetero) is 1. The van der Waals surface area contributed by atoms with E-state index in [4.69, 9.17) is 16.3 Å². The molecule has 2 fully saturated rings. The minimum atomic E-state index is -1.12. The minimum absolute atomic E-state index is 0.0429. The van der Waals surface area contributed by atoms with Gasteiger partial charge < -0.3 is 4.74 Å². The van der Waals surface area contributed by atoms with Crippen LogP contribution in [-0.2, 0) is 25.5 Å². The van der Waals surface area contributed by atoms with Crippen LogP contribution in [0, 0.1) is 23.7 Å². The maximum atomic E-state index is 13.3. The maximum Gasteiger partial charge on any atom is 0.330 e. The monoisotopic (exact) mass is 463 g/mol. The Morgan fingerprint density at radius 3 is 2.15 bits per heavy atom. The topological polar surface area (TPSA) is 80.8 Å². The molecule has 0 spiro atoms. The summed E-state index contributed by atoms with van der Waals surface area (Å²) in [4.78, 5) is 53.3. The van der Waals surface area contributed by atoms with E-state index in [0.29, 0.717) is 10.6 Å². The third kappa shape index (κ3) is 3.89. The third-order valence-corrected chi connectivity index (χ3v) is 7.12. The quantitative estimate of drug-likeness (QED) is 0.272. The van der Waals surface area contributed by atoms with E-state index in [0.717, 1.165) is 16.9 Å². The van der Waals surface area contributed by atoms with Crippen LogP contribution >= 0.6 is 11.6 Å². The zero-order chi connectivity index (χ0) is 23.1. The second-order valence-corrected chi connectivity index (χ2v) is 9.23. The Morgan fingerprint density at radius 2 is 1.55 bits per heavy atom. The first kappa shape index (κ1) is 21.6. The number of fused-ring (bicyclic) bond motifs is 5. The molecule has 2 aliphatic carbocycles. The van der Waals surface area contributed by atoms with Gasteiger partial charge in [0, 0.05) is 17.0 Å². The average molecular weight is 464 g/mol. The number of allylic oxidation sites excluding steroid dienone is 2. The van der Waals surface area contributed by atoms with Crippen LogP contribution in [0.1, 0.15) is 22.3 Å². The highest BCUT2D eigenvalue weighted by molar-refractivity contribution is 6.30. The zero-order valence-electron chi connectivity index (χ0n) is 17.7. The summed E-state index contributed by atoms with van der Waals surface area (Å²) in [5.41, 5.74) is 1.15. The zero-order valence-corrected chi connectivity index (χ0v) is 18.5. The normalized spacial score (nSPS) is 25.9. The molecular weight excluding hydrogens is 442 g/mol. The molecule has 0 radical (unpaired) electrons. The molecule has 1 aliphatic heterocycles. The molecule has 2 aromatic carbocycles. The number of esters is 1. The van der Waals surface area contributed by atoms with E-state index < -0.39 is 36.2 Å². The van der Waals surface area contributed by atoms with E-state index in [1.165, 1.54) is 0 Å². The van der Waals surface area contributed by atoms with Crippen molar-refractivity contribution in [1.29, 1.82) is 0 Å². The van der Waals surface area contributed by atoms with Gasteiger partial charge in [-0.3, -0.25) is 19.3 Å². The molecule has 2 bridgehead atoms. The Kier molecular flexibility index (Phi) is 5.62. The number of benzene rings is 2. The number of imide groups is 1.